The fourth-order valence-electron chi connectivity index (χ4n) is 4.00. The normalized spacial score (nSPS) is 19.2. The van der Waals surface area contributed by atoms with Crippen LogP contribution >= 0.6 is 0 Å². The first-order chi connectivity index (χ1) is 12.6. The third kappa shape index (κ3) is 3.11. The van der Waals surface area contributed by atoms with Crippen molar-refractivity contribution >= 4 is 23.0 Å². The molecule has 4 rings (SSSR count). The molecule has 2 saturated heterocycles. The number of carbonyl (C=O) groups excluding carboxylic acids is 1. The molecule has 0 N–H and O–H groups in total. The summed E-state index contributed by atoms with van der Waals surface area (Å²) in [7, 11) is 4.01. The fraction of sp³-hybridized carbons (Fsp3) is 0.579. The number of anilines is 1. The number of aryl methyl sites for hydroxylation is 1. The molecule has 0 unspecified atom stereocenters. The molecule has 0 spiro atoms. The molecule has 0 atom stereocenters. The standard InChI is InChI=1S/C19H27N5O2/c1-21(19(25)24-11-13-26-14-12-24)15-7-9-23(10-8-15)18-20-16-5-3-4-6-17(16)22(18)2/h3-6,15H,7-14H2,1-2H3. The zero-order valence-electron chi connectivity index (χ0n) is 15.6. The van der Waals surface area contributed by atoms with Gasteiger partial charge in [-0.05, 0) is 25.0 Å². The molecule has 3 heterocycles. The summed E-state index contributed by atoms with van der Waals surface area (Å²) in [6.45, 7) is 4.52. The van der Waals surface area contributed by atoms with E-state index >= 15 is 0 Å². The fourth-order valence-corrected chi connectivity index (χ4v) is 4.00. The highest BCUT2D eigenvalue weighted by Crippen LogP contribution is 2.25. The van der Waals surface area contributed by atoms with Gasteiger partial charge in [-0.1, -0.05) is 12.1 Å². The number of aromatic nitrogens is 2. The van der Waals surface area contributed by atoms with Crippen LogP contribution in [0.1, 0.15) is 12.8 Å². The summed E-state index contributed by atoms with van der Waals surface area (Å²) in [5.74, 6) is 1.02. The second-order valence-corrected chi connectivity index (χ2v) is 7.17. The van der Waals surface area contributed by atoms with Gasteiger partial charge in [0.2, 0.25) is 5.95 Å². The van der Waals surface area contributed by atoms with Gasteiger partial charge >= 0.3 is 6.03 Å². The Morgan fingerprint density at radius 1 is 1.15 bits per heavy atom. The van der Waals surface area contributed by atoms with Crippen LogP contribution in [0.2, 0.25) is 0 Å². The van der Waals surface area contributed by atoms with Crippen LogP contribution in [0.15, 0.2) is 24.3 Å². The number of nitrogens with zero attached hydrogens (tertiary/aromatic N) is 5. The summed E-state index contributed by atoms with van der Waals surface area (Å²) in [6, 6.07) is 8.66. The van der Waals surface area contributed by atoms with E-state index in [0.29, 0.717) is 26.3 Å². The van der Waals surface area contributed by atoms with Gasteiger partial charge < -0.3 is 24.0 Å². The van der Waals surface area contributed by atoms with Crippen LogP contribution in [0.3, 0.4) is 0 Å². The monoisotopic (exact) mass is 357 g/mol. The van der Waals surface area contributed by atoms with Crippen molar-refractivity contribution in [2.45, 2.75) is 18.9 Å². The number of amides is 2. The highest BCUT2D eigenvalue weighted by Gasteiger charge is 2.30. The molecule has 140 valence electrons. The number of rotatable bonds is 2. The summed E-state index contributed by atoms with van der Waals surface area (Å²) >= 11 is 0. The molecular weight excluding hydrogens is 330 g/mol. The Labute approximate surface area is 154 Å². The van der Waals surface area contributed by atoms with Gasteiger partial charge in [-0.2, -0.15) is 0 Å². The molecule has 2 aliphatic rings. The summed E-state index contributed by atoms with van der Waals surface area (Å²) in [5.41, 5.74) is 2.19. The van der Waals surface area contributed by atoms with Crippen LogP contribution in [0.4, 0.5) is 10.7 Å². The van der Waals surface area contributed by atoms with Gasteiger partial charge in [0.15, 0.2) is 0 Å². The topological polar surface area (TPSA) is 53.8 Å². The summed E-state index contributed by atoms with van der Waals surface area (Å²) in [6.07, 6.45) is 1.94. The summed E-state index contributed by atoms with van der Waals surface area (Å²) in [4.78, 5) is 23.7. The molecule has 0 aliphatic carbocycles. The SMILES string of the molecule is CN(C(=O)N1CCOCC1)C1CCN(c2nc3ccccc3n2C)CC1. The molecule has 2 fully saturated rings. The van der Waals surface area contributed by atoms with E-state index in [9.17, 15) is 4.79 Å². The lowest BCUT2D eigenvalue weighted by Crippen LogP contribution is -2.52. The number of fused-ring (bicyclic) bond motifs is 1. The third-order valence-corrected chi connectivity index (χ3v) is 5.64. The molecule has 7 heteroatoms. The first kappa shape index (κ1) is 17.1. The number of imidazole rings is 1. The van der Waals surface area contributed by atoms with Crippen molar-refractivity contribution in [1.82, 2.24) is 19.4 Å². The third-order valence-electron chi connectivity index (χ3n) is 5.64. The Balaban J connectivity index is 1.40. The molecule has 0 saturated carbocycles. The molecule has 1 aromatic heterocycles. The average Bonchev–Trinajstić information content (AvgIpc) is 3.04. The Bertz CT molecular complexity index is 775. The second kappa shape index (κ2) is 7.15. The van der Waals surface area contributed by atoms with Gasteiger partial charge in [-0.3, -0.25) is 0 Å². The highest BCUT2D eigenvalue weighted by molar-refractivity contribution is 5.78. The van der Waals surface area contributed by atoms with E-state index in [1.165, 1.54) is 0 Å². The lowest BCUT2D eigenvalue weighted by atomic mass is 10.0. The Morgan fingerprint density at radius 2 is 1.85 bits per heavy atom. The molecule has 1 aromatic carbocycles. The largest absolute Gasteiger partial charge is 0.378 e. The van der Waals surface area contributed by atoms with Crippen LogP contribution in [-0.2, 0) is 11.8 Å². The Hall–Kier alpha value is -2.28. The van der Waals surface area contributed by atoms with E-state index in [-0.39, 0.29) is 12.1 Å². The maximum Gasteiger partial charge on any atom is 0.320 e. The Kier molecular flexibility index (Phi) is 4.72. The molecular formula is C19H27N5O2. The number of urea groups is 1. The molecule has 7 nitrogen and oxygen atoms in total. The van der Waals surface area contributed by atoms with Crippen molar-refractivity contribution in [3.8, 4) is 0 Å². The first-order valence-electron chi connectivity index (χ1n) is 9.41. The number of piperidine rings is 1. The van der Waals surface area contributed by atoms with Crippen molar-refractivity contribution in [2.75, 3.05) is 51.3 Å². The maximum absolute atomic E-state index is 12.7. The molecule has 26 heavy (non-hydrogen) atoms. The van der Waals surface area contributed by atoms with Crippen LogP contribution in [0.25, 0.3) is 11.0 Å². The van der Waals surface area contributed by atoms with Crippen molar-refractivity contribution < 1.29 is 9.53 Å². The quantitative estimate of drug-likeness (QED) is 0.824. The van der Waals surface area contributed by atoms with Gasteiger partial charge in [-0.15, -0.1) is 0 Å². The number of hydrogen-bond donors (Lipinski definition) is 0. The van der Waals surface area contributed by atoms with Crippen LogP contribution in [0.5, 0.6) is 0 Å². The Morgan fingerprint density at radius 3 is 2.54 bits per heavy atom. The number of carbonyl (C=O) groups is 1. The number of benzene rings is 1. The maximum atomic E-state index is 12.7. The van der Waals surface area contributed by atoms with Crippen molar-refractivity contribution in [3.05, 3.63) is 24.3 Å². The predicted octanol–water partition coefficient (Wildman–Crippen LogP) is 1.93. The minimum absolute atomic E-state index is 0.134. The summed E-state index contributed by atoms with van der Waals surface area (Å²) < 4.78 is 7.51. The lowest BCUT2D eigenvalue weighted by Gasteiger charge is -2.39. The average molecular weight is 357 g/mol. The van der Waals surface area contributed by atoms with Gasteiger partial charge in [0.05, 0.1) is 24.2 Å². The van der Waals surface area contributed by atoms with E-state index in [2.05, 4.69) is 28.6 Å². The van der Waals surface area contributed by atoms with Crippen molar-refractivity contribution in [1.29, 1.82) is 0 Å². The van der Waals surface area contributed by atoms with E-state index in [4.69, 9.17) is 9.72 Å². The lowest BCUT2D eigenvalue weighted by molar-refractivity contribution is 0.0409. The number of hydrogen-bond acceptors (Lipinski definition) is 4. The van der Waals surface area contributed by atoms with Gasteiger partial charge in [0.25, 0.3) is 0 Å². The smallest absolute Gasteiger partial charge is 0.320 e. The highest BCUT2D eigenvalue weighted by atomic mass is 16.5. The molecule has 0 radical (unpaired) electrons. The minimum atomic E-state index is 0.134. The number of ether oxygens (including phenoxy) is 1. The van der Waals surface area contributed by atoms with E-state index in [1.807, 2.05) is 29.0 Å². The molecule has 2 aliphatic heterocycles. The van der Waals surface area contributed by atoms with Crippen molar-refractivity contribution in [2.24, 2.45) is 7.05 Å². The predicted molar refractivity (Wildman–Crippen MR) is 102 cm³/mol. The molecule has 2 amide bonds. The van der Waals surface area contributed by atoms with E-state index in [1.54, 1.807) is 0 Å². The summed E-state index contributed by atoms with van der Waals surface area (Å²) in [5, 5.41) is 0. The minimum Gasteiger partial charge on any atom is -0.378 e. The number of morpholine rings is 1. The van der Waals surface area contributed by atoms with E-state index < -0.39 is 0 Å². The van der Waals surface area contributed by atoms with Crippen LogP contribution in [-0.4, -0.2) is 77.9 Å². The second-order valence-electron chi connectivity index (χ2n) is 7.17. The van der Waals surface area contributed by atoms with Gasteiger partial charge in [0.1, 0.15) is 0 Å². The zero-order valence-corrected chi connectivity index (χ0v) is 15.6. The van der Waals surface area contributed by atoms with Crippen molar-refractivity contribution in [3.63, 3.8) is 0 Å². The van der Waals surface area contributed by atoms with E-state index in [0.717, 1.165) is 42.9 Å². The number of para-hydroxylation sites is 2. The first-order valence-corrected chi connectivity index (χ1v) is 9.41. The zero-order chi connectivity index (χ0) is 18.1. The molecule has 0 bridgehead atoms. The van der Waals surface area contributed by atoms with Gasteiger partial charge in [0, 0.05) is 46.3 Å². The van der Waals surface area contributed by atoms with Gasteiger partial charge in [-0.25, -0.2) is 9.78 Å². The molecule has 2 aromatic rings. The van der Waals surface area contributed by atoms with Crippen LogP contribution < -0.4 is 4.90 Å². The van der Waals surface area contributed by atoms with Crippen LogP contribution in [0, 0.1) is 0 Å².